The molecule has 1 N–H and O–H groups in total. The van der Waals surface area contributed by atoms with Crippen LogP contribution in [-0.2, 0) is 10.2 Å². The highest BCUT2D eigenvalue weighted by Crippen LogP contribution is 2.45. The van der Waals surface area contributed by atoms with Gasteiger partial charge in [0.2, 0.25) is 0 Å². The summed E-state index contributed by atoms with van der Waals surface area (Å²) in [6.07, 6.45) is 4.77. The van der Waals surface area contributed by atoms with E-state index in [-0.39, 0.29) is 5.97 Å². The molecule has 0 aliphatic heterocycles. The van der Waals surface area contributed by atoms with Crippen LogP contribution in [0.5, 0.6) is 0 Å². The number of carbonyl (C=O) groups excluding carboxylic acids is 1. The van der Waals surface area contributed by atoms with Gasteiger partial charge in [0.25, 0.3) is 0 Å². The molecular formula is C23H26O3. The van der Waals surface area contributed by atoms with Crippen molar-refractivity contribution in [2.75, 3.05) is 0 Å². The van der Waals surface area contributed by atoms with Crippen molar-refractivity contribution >= 4 is 5.97 Å². The van der Waals surface area contributed by atoms with E-state index in [2.05, 4.69) is 6.58 Å². The summed E-state index contributed by atoms with van der Waals surface area (Å²) >= 11 is 0. The van der Waals surface area contributed by atoms with E-state index in [1.807, 2.05) is 48.5 Å². The standard InChI is InChI=1S/C23H26O3/c1-2-11-21(26-22(25)18-12-5-3-6-13-18)23(17-10-9-16-20(23)24)19-14-7-4-8-15-19/h2-8,12-15,20-21,24H,1,9-11,16-17H2/t20-,21-,23-/m0/s1. The average molecular weight is 350 g/mol. The van der Waals surface area contributed by atoms with Crippen LogP contribution in [0.4, 0.5) is 0 Å². The number of aliphatic hydroxyl groups is 1. The smallest absolute Gasteiger partial charge is 0.338 e. The van der Waals surface area contributed by atoms with Crippen molar-refractivity contribution in [2.45, 2.75) is 49.7 Å². The zero-order chi connectivity index (χ0) is 18.4. The Bertz CT molecular complexity index is 726. The zero-order valence-electron chi connectivity index (χ0n) is 15.0. The molecule has 0 saturated heterocycles. The van der Waals surface area contributed by atoms with Crippen LogP contribution < -0.4 is 0 Å². The van der Waals surface area contributed by atoms with E-state index in [9.17, 15) is 9.90 Å². The van der Waals surface area contributed by atoms with E-state index >= 15 is 0 Å². The first-order chi connectivity index (χ1) is 12.7. The Morgan fingerprint density at radius 3 is 2.42 bits per heavy atom. The lowest BCUT2D eigenvalue weighted by Crippen LogP contribution is -2.52. The minimum atomic E-state index is -0.599. The fourth-order valence-electron chi connectivity index (χ4n) is 4.11. The minimum Gasteiger partial charge on any atom is -0.457 e. The Morgan fingerprint density at radius 2 is 1.81 bits per heavy atom. The van der Waals surface area contributed by atoms with Gasteiger partial charge in [-0.05, 0) is 30.5 Å². The topological polar surface area (TPSA) is 46.5 Å². The summed E-state index contributed by atoms with van der Waals surface area (Å²) in [7, 11) is 0. The summed E-state index contributed by atoms with van der Waals surface area (Å²) in [5.41, 5.74) is 0.952. The SMILES string of the molecule is C=CC[C@H](OC(=O)c1ccccc1)[C@]1(c2ccccc2)CCCC[C@@H]1O. The first-order valence-electron chi connectivity index (χ1n) is 9.29. The Hall–Kier alpha value is -2.39. The predicted molar refractivity (Wildman–Crippen MR) is 103 cm³/mol. The van der Waals surface area contributed by atoms with Crippen molar-refractivity contribution in [3.8, 4) is 0 Å². The van der Waals surface area contributed by atoms with Crippen molar-refractivity contribution in [1.82, 2.24) is 0 Å². The lowest BCUT2D eigenvalue weighted by atomic mass is 9.63. The van der Waals surface area contributed by atoms with Gasteiger partial charge in [0, 0.05) is 6.42 Å². The van der Waals surface area contributed by atoms with Crippen LogP contribution in [-0.4, -0.2) is 23.3 Å². The second-order valence-electron chi connectivity index (χ2n) is 6.95. The molecule has 26 heavy (non-hydrogen) atoms. The van der Waals surface area contributed by atoms with Gasteiger partial charge in [-0.1, -0.05) is 67.4 Å². The largest absolute Gasteiger partial charge is 0.457 e. The second-order valence-corrected chi connectivity index (χ2v) is 6.95. The molecule has 3 nitrogen and oxygen atoms in total. The van der Waals surface area contributed by atoms with E-state index in [0.717, 1.165) is 24.8 Å². The van der Waals surface area contributed by atoms with Crippen molar-refractivity contribution in [3.05, 3.63) is 84.4 Å². The van der Waals surface area contributed by atoms with Gasteiger partial charge in [-0.2, -0.15) is 0 Å². The highest BCUT2D eigenvalue weighted by atomic mass is 16.5. The molecule has 0 radical (unpaired) electrons. The molecule has 136 valence electrons. The summed E-state index contributed by atoms with van der Waals surface area (Å²) in [6.45, 7) is 3.85. The van der Waals surface area contributed by atoms with Crippen molar-refractivity contribution < 1.29 is 14.6 Å². The Morgan fingerprint density at radius 1 is 1.15 bits per heavy atom. The third-order valence-electron chi connectivity index (χ3n) is 5.44. The van der Waals surface area contributed by atoms with Crippen LogP contribution in [0.2, 0.25) is 0 Å². The molecule has 3 atom stereocenters. The van der Waals surface area contributed by atoms with Gasteiger partial charge in [0.1, 0.15) is 6.10 Å². The van der Waals surface area contributed by atoms with Gasteiger partial charge < -0.3 is 9.84 Å². The molecule has 1 aliphatic rings. The maximum atomic E-state index is 12.7. The summed E-state index contributed by atoms with van der Waals surface area (Å²) in [4.78, 5) is 12.7. The molecule has 2 aromatic carbocycles. The van der Waals surface area contributed by atoms with Crippen LogP contribution in [0, 0.1) is 0 Å². The number of rotatable bonds is 6. The average Bonchev–Trinajstić information content (AvgIpc) is 2.69. The number of hydrogen-bond donors (Lipinski definition) is 1. The molecule has 0 bridgehead atoms. The summed E-state index contributed by atoms with van der Waals surface area (Å²) in [5.74, 6) is -0.356. The Kier molecular flexibility index (Phi) is 5.89. The molecule has 0 amide bonds. The second kappa shape index (κ2) is 8.33. The summed E-state index contributed by atoms with van der Waals surface area (Å²) in [5, 5.41) is 11.0. The molecule has 3 heteroatoms. The molecule has 0 heterocycles. The maximum absolute atomic E-state index is 12.7. The summed E-state index contributed by atoms with van der Waals surface area (Å²) < 4.78 is 5.97. The highest BCUT2D eigenvalue weighted by Gasteiger charge is 2.49. The first-order valence-corrected chi connectivity index (χ1v) is 9.29. The molecule has 1 fully saturated rings. The third-order valence-corrected chi connectivity index (χ3v) is 5.44. The van der Waals surface area contributed by atoms with Crippen LogP contribution >= 0.6 is 0 Å². The van der Waals surface area contributed by atoms with E-state index in [4.69, 9.17) is 4.74 Å². The van der Waals surface area contributed by atoms with Gasteiger partial charge in [-0.15, -0.1) is 6.58 Å². The molecule has 1 aliphatic carbocycles. The molecular weight excluding hydrogens is 324 g/mol. The van der Waals surface area contributed by atoms with Gasteiger partial charge in [-0.3, -0.25) is 0 Å². The molecule has 1 saturated carbocycles. The quantitative estimate of drug-likeness (QED) is 0.609. The number of hydrogen-bond acceptors (Lipinski definition) is 3. The lowest BCUT2D eigenvalue weighted by molar-refractivity contribution is -0.0550. The van der Waals surface area contributed by atoms with Crippen LogP contribution in [0.25, 0.3) is 0 Å². The van der Waals surface area contributed by atoms with E-state index in [1.165, 1.54) is 0 Å². The predicted octanol–water partition coefficient (Wildman–Crippen LogP) is 4.66. The van der Waals surface area contributed by atoms with Gasteiger partial charge in [0.05, 0.1) is 17.1 Å². The zero-order valence-corrected chi connectivity index (χ0v) is 15.0. The fraction of sp³-hybridized carbons (Fsp3) is 0.348. The Labute approximate surface area is 155 Å². The van der Waals surface area contributed by atoms with Crippen molar-refractivity contribution in [1.29, 1.82) is 0 Å². The molecule has 2 aromatic rings. The lowest BCUT2D eigenvalue weighted by Gasteiger charge is -2.46. The number of ether oxygens (including phenoxy) is 1. The molecule has 3 rings (SSSR count). The van der Waals surface area contributed by atoms with Crippen LogP contribution in [0.1, 0.15) is 48.0 Å². The maximum Gasteiger partial charge on any atom is 0.338 e. The minimum absolute atomic E-state index is 0.356. The number of esters is 1. The van der Waals surface area contributed by atoms with Crippen LogP contribution in [0.3, 0.4) is 0 Å². The van der Waals surface area contributed by atoms with E-state index < -0.39 is 17.6 Å². The first kappa shape index (κ1) is 18.4. The Balaban J connectivity index is 1.98. The monoisotopic (exact) mass is 350 g/mol. The third kappa shape index (κ3) is 3.58. The molecule has 0 aromatic heterocycles. The van der Waals surface area contributed by atoms with Crippen LogP contribution in [0.15, 0.2) is 73.3 Å². The van der Waals surface area contributed by atoms with Gasteiger partial charge in [0.15, 0.2) is 0 Å². The van der Waals surface area contributed by atoms with Gasteiger partial charge >= 0.3 is 5.97 Å². The fourth-order valence-corrected chi connectivity index (χ4v) is 4.11. The number of aliphatic hydroxyl groups excluding tert-OH is 1. The molecule has 0 spiro atoms. The van der Waals surface area contributed by atoms with Crippen molar-refractivity contribution in [3.63, 3.8) is 0 Å². The summed E-state index contributed by atoms with van der Waals surface area (Å²) in [6, 6.07) is 19.0. The number of benzene rings is 2. The normalized spacial score (nSPS) is 23.8. The van der Waals surface area contributed by atoms with Crippen molar-refractivity contribution in [2.24, 2.45) is 0 Å². The van der Waals surface area contributed by atoms with E-state index in [1.54, 1.807) is 18.2 Å². The van der Waals surface area contributed by atoms with E-state index in [0.29, 0.717) is 18.4 Å². The number of carbonyl (C=O) groups is 1. The van der Waals surface area contributed by atoms with Gasteiger partial charge in [-0.25, -0.2) is 4.79 Å². The molecule has 0 unspecified atom stereocenters. The highest BCUT2D eigenvalue weighted by molar-refractivity contribution is 5.89.